The fourth-order valence-electron chi connectivity index (χ4n) is 1.19. The molecule has 1 aromatic carbocycles. The summed E-state index contributed by atoms with van der Waals surface area (Å²) in [5, 5.41) is 19.3. The van der Waals surface area contributed by atoms with Crippen LogP contribution in [0.15, 0.2) is 18.2 Å². The Morgan fingerprint density at radius 3 is 2.80 bits per heavy atom. The molecule has 0 atom stereocenters. The minimum absolute atomic E-state index is 0.0812. The van der Waals surface area contributed by atoms with Crippen LogP contribution in [-0.4, -0.2) is 11.0 Å². The van der Waals surface area contributed by atoms with E-state index in [2.05, 4.69) is 0 Å². The summed E-state index contributed by atoms with van der Waals surface area (Å²) < 4.78 is 5.37. The van der Waals surface area contributed by atoms with Gasteiger partial charge < -0.3 is 4.74 Å². The van der Waals surface area contributed by atoms with E-state index in [1.807, 2.05) is 6.07 Å². The number of nitriles is 1. The molecular formula is C10H8N2O3. The van der Waals surface area contributed by atoms with Gasteiger partial charge in [0.15, 0.2) is 5.75 Å². The SMILES string of the molecule is N#Cc1ccc([N+](=O)[O-])c(OC2CC2)c1. The maximum atomic E-state index is 10.7. The van der Waals surface area contributed by atoms with Crippen LogP contribution in [0.25, 0.3) is 0 Å². The lowest BCUT2D eigenvalue weighted by Crippen LogP contribution is -2.00. The van der Waals surface area contributed by atoms with E-state index in [0.29, 0.717) is 5.56 Å². The second kappa shape index (κ2) is 3.58. The van der Waals surface area contributed by atoms with E-state index in [0.717, 1.165) is 12.8 Å². The summed E-state index contributed by atoms with van der Waals surface area (Å²) in [6.45, 7) is 0. The van der Waals surface area contributed by atoms with Gasteiger partial charge in [0, 0.05) is 12.1 Å². The molecule has 0 aromatic heterocycles. The summed E-state index contributed by atoms with van der Waals surface area (Å²) in [6.07, 6.45) is 1.93. The highest BCUT2D eigenvalue weighted by Gasteiger charge is 2.27. The van der Waals surface area contributed by atoms with Gasteiger partial charge in [-0.25, -0.2) is 0 Å². The van der Waals surface area contributed by atoms with Crippen LogP contribution in [0.4, 0.5) is 5.69 Å². The van der Waals surface area contributed by atoms with Crippen LogP contribution in [0.2, 0.25) is 0 Å². The predicted molar refractivity (Wildman–Crippen MR) is 51.5 cm³/mol. The van der Waals surface area contributed by atoms with E-state index in [9.17, 15) is 10.1 Å². The average Bonchev–Trinajstić information content (AvgIpc) is 3.01. The maximum Gasteiger partial charge on any atom is 0.311 e. The first-order valence-corrected chi connectivity index (χ1v) is 4.56. The van der Waals surface area contributed by atoms with Crippen molar-refractivity contribution in [3.05, 3.63) is 33.9 Å². The lowest BCUT2D eigenvalue weighted by molar-refractivity contribution is -0.385. The Morgan fingerprint density at radius 1 is 1.53 bits per heavy atom. The summed E-state index contributed by atoms with van der Waals surface area (Å²) in [6, 6.07) is 6.05. The molecule has 1 aliphatic carbocycles. The van der Waals surface area contributed by atoms with Gasteiger partial charge in [0.1, 0.15) is 0 Å². The molecule has 0 amide bonds. The summed E-state index contributed by atoms with van der Waals surface area (Å²) in [5.41, 5.74) is 0.289. The van der Waals surface area contributed by atoms with Crippen LogP contribution < -0.4 is 4.74 Å². The van der Waals surface area contributed by atoms with Crippen LogP contribution in [0.1, 0.15) is 18.4 Å². The molecule has 0 spiro atoms. The van der Waals surface area contributed by atoms with E-state index in [-0.39, 0.29) is 17.5 Å². The molecule has 15 heavy (non-hydrogen) atoms. The number of hydrogen-bond donors (Lipinski definition) is 0. The summed E-state index contributed by atoms with van der Waals surface area (Å²) in [5.74, 6) is 0.196. The Labute approximate surface area is 86.0 Å². The topological polar surface area (TPSA) is 76.2 Å². The molecule has 2 rings (SSSR count). The molecule has 1 aliphatic rings. The van der Waals surface area contributed by atoms with E-state index in [4.69, 9.17) is 10.00 Å². The van der Waals surface area contributed by atoms with Crippen molar-refractivity contribution in [1.82, 2.24) is 0 Å². The Bertz CT molecular complexity index is 446. The van der Waals surface area contributed by atoms with Crippen molar-refractivity contribution >= 4 is 5.69 Å². The number of hydrogen-bond acceptors (Lipinski definition) is 4. The van der Waals surface area contributed by atoms with Crippen molar-refractivity contribution in [1.29, 1.82) is 5.26 Å². The molecule has 5 nitrogen and oxygen atoms in total. The molecule has 1 aromatic rings. The molecule has 0 saturated heterocycles. The van der Waals surface area contributed by atoms with Gasteiger partial charge in [-0.15, -0.1) is 0 Å². The number of rotatable bonds is 3. The highest BCUT2D eigenvalue weighted by molar-refractivity contribution is 5.51. The van der Waals surface area contributed by atoms with Gasteiger partial charge in [0.25, 0.3) is 0 Å². The summed E-state index contributed by atoms with van der Waals surface area (Å²) >= 11 is 0. The van der Waals surface area contributed by atoms with E-state index in [1.54, 1.807) is 0 Å². The Balaban J connectivity index is 2.36. The second-order valence-corrected chi connectivity index (χ2v) is 3.37. The molecule has 5 heteroatoms. The number of nitro benzene ring substituents is 1. The summed E-state index contributed by atoms with van der Waals surface area (Å²) in [4.78, 5) is 10.2. The van der Waals surface area contributed by atoms with E-state index < -0.39 is 4.92 Å². The van der Waals surface area contributed by atoms with Crippen molar-refractivity contribution in [2.45, 2.75) is 18.9 Å². The van der Waals surface area contributed by atoms with Crippen LogP contribution in [0.5, 0.6) is 5.75 Å². The molecule has 1 saturated carbocycles. The first-order valence-electron chi connectivity index (χ1n) is 4.56. The molecular weight excluding hydrogens is 196 g/mol. The minimum atomic E-state index is -0.501. The molecule has 0 aliphatic heterocycles. The van der Waals surface area contributed by atoms with E-state index in [1.165, 1.54) is 18.2 Å². The minimum Gasteiger partial charge on any atom is -0.483 e. The monoisotopic (exact) mass is 204 g/mol. The standard InChI is InChI=1S/C10H8N2O3/c11-6-7-1-4-9(12(13)14)10(5-7)15-8-2-3-8/h1,4-5,8H,2-3H2. The first-order chi connectivity index (χ1) is 7.20. The average molecular weight is 204 g/mol. The van der Waals surface area contributed by atoms with Crippen molar-refractivity contribution in [3.8, 4) is 11.8 Å². The third kappa shape index (κ3) is 2.05. The Morgan fingerprint density at radius 2 is 2.27 bits per heavy atom. The zero-order chi connectivity index (χ0) is 10.8. The molecule has 76 valence electrons. The number of nitrogens with zero attached hydrogens (tertiary/aromatic N) is 2. The maximum absolute atomic E-state index is 10.7. The molecule has 0 radical (unpaired) electrons. The van der Waals surface area contributed by atoms with Gasteiger partial charge in [-0.3, -0.25) is 10.1 Å². The van der Waals surface area contributed by atoms with Gasteiger partial charge in [-0.1, -0.05) is 0 Å². The zero-order valence-corrected chi connectivity index (χ0v) is 7.84. The summed E-state index contributed by atoms with van der Waals surface area (Å²) in [7, 11) is 0. The Kier molecular flexibility index (Phi) is 2.26. The third-order valence-electron chi connectivity index (χ3n) is 2.10. The molecule has 0 bridgehead atoms. The molecule has 1 fully saturated rings. The van der Waals surface area contributed by atoms with Crippen molar-refractivity contribution in [2.75, 3.05) is 0 Å². The lowest BCUT2D eigenvalue weighted by atomic mass is 10.2. The largest absolute Gasteiger partial charge is 0.483 e. The highest BCUT2D eigenvalue weighted by atomic mass is 16.6. The van der Waals surface area contributed by atoms with Crippen LogP contribution in [0, 0.1) is 21.4 Å². The number of benzene rings is 1. The zero-order valence-electron chi connectivity index (χ0n) is 7.84. The van der Waals surface area contributed by atoms with Crippen molar-refractivity contribution in [2.24, 2.45) is 0 Å². The fraction of sp³-hybridized carbons (Fsp3) is 0.300. The lowest BCUT2D eigenvalue weighted by Gasteiger charge is -2.04. The normalized spacial score (nSPS) is 14.3. The smallest absolute Gasteiger partial charge is 0.311 e. The molecule has 0 unspecified atom stereocenters. The number of ether oxygens (including phenoxy) is 1. The van der Waals surface area contributed by atoms with Gasteiger partial charge in [-0.2, -0.15) is 5.26 Å². The Hall–Kier alpha value is -2.09. The van der Waals surface area contributed by atoms with Crippen molar-refractivity contribution < 1.29 is 9.66 Å². The van der Waals surface area contributed by atoms with Gasteiger partial charge in [-0.05, 0) is 18.9 Å². The second-order valence-electron chi connectivity index (χ2n) is 3.37. The third-order valence-corrected chi connectivity index (χ3v) is 2.10. The van der Waals surface area contributed by atoms with Crippen LogP contribution in [-0.2, 0) is 0 Å². The quantitative estimate of drug-likeness (QED) is 0.557. The number of nitro groups is 1. The van der Waals surface area contributed by atoms with Gasteiger partial charge >= 0.3 is 5.69 Å². The van der Waals surface area contributed by atoms with Crippen LogP contribution >= 0.6 is 0 Å². The predicted octanol–water partition coefficient (Wildman–Crippen LogP) is 2.01. The van der Waals surface area contributed by atoms with Crippen molar-refractivity contribution in [3.63, 3.8) is 0 Å². The first kappa shape index (κ1) is 9.46. The molecule has 0 N–H and O–H groups in total. The van der Waals surface area contributed by atoms with Gasteiger partial charge in [0.05, 0.1) is 22.7 Å². The molecule has 0 heterocycles. The fourth-order valence-corrected chi connectivity index (χ4v) is 1.19. The van der Waals surface area contributed by atoms with Gasteiger partial charge in [0.2, 0.25) is 0 Å². The highest BCUT2D eigenvalue weighted by Crippen LogP contribution is 2.33. The van der Waals surface area contributed by atoms with E-state index >= 15 is 0 Å². The van der Waals surface area contributed by atoms with Crippen LogP contribution in [0.3, 0.4) is 0 Å².